The van der Waals surface area contributed by atoms with E-state index in [0.717, 1.165) is 42.6 Å². The molecular weight excluding hydrogens is 472 g/mol. The molecule has 0 saturated carbocycles. The van der Waals surface area contributed by atoms with Crippen molar-refractivity contribution >= 4 is 11.0 Å². The Balaban J connectivity index is 1.20. The first-order chi connectivity index (χ1) is 18.2. The third kappa shape index (κ3) is 6.56. The molecule has 2 aliphatic heterocycles. The predicted molar refractivity (Wildman–Crippen MR) is 139 cm³/mol. The van der Waals surface area contributed by atoms with Gasteiger partial charge in [-0.05, 0) is 31.4 Å². The van der Waals surface area contributed by atoms with Crippen LogP contribution < -0.4 is 10.1 Å². The van der Waals surface area contributed by atoms with Gasteiger partial charge in [0.2, 0.25) is 5.88 Å². The molecule has 1 fully saturated rings. The van der Waals surface area contributed by atoms with Crippen molar-refractivity contribution in [2.24, 2.45) is 0 Å². The predicted octanol–water partition coefficient (Wildman–Crippen LogP) is 3.36. The van der Waals surface area contributed by atoms with Gasteiger partial charge in [0.15, 0.2) is 5.76 Å². The van der Waals surface area contributed by atoms with Gasteiger partial charge in [0.25, 0.3) is 0 Å². The van der Waals surface area contributed by atoms with Crippen LogP contribution in [0.15, 0.2) is 72.7 Å². The molecule has 3 atom stereocenters. The fourth-order valence-corrected chi connectivity index (χ4v) is 4.89. The molecule has 0 amide bonds. The highest BCUT2D eigenvalue weighted by molar-refractivity contribution is 5.78. The maximum Gasteiger partial charge on any atom is 0.213 e. The number of aliphatic hydroxyl groups excluding tert-OH is 1. The van der Waals surface area contributed by atoms with Gasteiger partial charge in [-0.2, -0.15) is 0 Å². The molecule has 4 heterocycles. The van der Waals surface area contributed by atoms with Crippen LogP contribution in [0.1, 0.15) is 30.9 Å². The summed E-state index contributed by atoms with van der Waals surface area (Å²) in [5.74, 6) is 1.26. The number of morpholine rings is 1. The lowest BCUT2D eigenvalue weighted by atomic mass is 9.97. The second-order valence-corrected chi connectivity index (χ2v) is 9.39. The summed E-state index contributed by atoms with van der Waals surface area (Å²) in [6.45, 7) is 3.20. The third-order valence-corrected chi connectivity index (χ3v) is 6.84. The lowest BCUT2D eigenvalue weighted by Crippen LogP contribution is -2.49. The van der Waals surface area contributed by atoms with Crippen molar-refractivity contribution in [1.82, 2.24) is 20.2 Å². The van der Waals surface area contributed by atoms with Crippen LogP contribution in [0.4, 0.5) is 0 Å². The Morgan fingerprint density at radius 3 is 3.03 bits per heavy atom. The maximum absolute atomic E-state index is 11.1. The molecular formula is C28H34N4O5. The van der Waals surface area contributed by atoms with E-state index in [-0.39, 0.29) is 12.1 Å². The molecule has 0 spiro atoms. The van der Waals surface area contributed by atoms with Gasteiger partial charge < -0.3 is 29.4 Å². The number of allylic oxidation sites excluding steroid dienone is 3. The normalized spacial score (nSPS) is 21.5. The second-order valence-electron chi connectivity index (χ2n) is 9.39. The molecule has 2 aromatic rings. The van der Waals surface area contributed by atoms with Crippen molar-refractivity contribution in [2.75, 3.05) is 39.9 Å². The molecule has 37 heavy (non-hydrogen) atoms. The minimum absolute atomic E-state index is 0.0169. The summed E-state index contributed by atoms with van der Waals surface area (Å²) in [6, 6.07) is 5.44. The van der Waals surface area contributed by atoms with Crippen molar-refractivity contribution in [3.8, 4) is 5.88 Å². The number of fused-ring (bicyclic) bond motifs is 1. The minimum atomic E-state index is -0.708. The highest BCUT2D eigenvalue weighted by Gasteiger charge is 2.26. The van der Waals surface area contributed by atoms with Gasteiger partial charge in [-0.15, -0.1) is 0 Å². The van der Waals surface area contributed by atoms with Crippen LogP contribution in [0.5, 0.6) is 5.88 Å². The van der Waals surface area contributed by atoms with Crippen molar-refractivity contribution in [3.63, 3.8) is 0 Å². The highest BCUT2D eigenvalue weighted by Crippen LogP contribution is 2.25. The molecule has 196 valence electrons. The van der Waals surface area contributed by atoms with E-state index >= 15 is 0 Å². The second kappa shape index (κ2) is 12.3. The smallest absolute Gasteiger partial charge is 0.213 e. The molecule has 9 heteroatoms. The number of rotatable bonds is 10. The molecule has 3 aliphatic rings. The van der Waals surface area contributed by atoms with Crippen molar-refractivity contribution in [2.45, 2.75) is 37.5 Å². The summed E-state index contributed by atoms with van der Waals surface area (Å²) in [4.78, 5) is 11.1. The van der Waals surface area contributed by atoms with Gasteiger partial charge in [-0.25, -0.2) is 4.98 Å². The number of aliphatic hydroxyl groups is 1. The molecule has 0 bridgehead atoms. The Bertz CT molecular complexity index is 1190. The van der Waals surface area contributed by atoms with Gasteiger partial charge >= 0.3 is 0 Å². The van der Waals surface area contributed by atoms with Crippen LogP contribution >= 0.6 is 0 Å². The zero-order chi connectivity index (χ0) is 25.5. The molecule has 1 aliphatic carbocycles. The topological polar surface area (TPSA) is 98.2 Å². The van der Waals surface area contributed by atoms with E-state index in [1.165, 1.54) is 11.8 Å². The van der Waals surface area contributed by atoms with Crippen LogP contribution in [-0.4, -0.2) is 72.0 Å². The molecule has 5 rings (SSSR count). The van der Waals surface area contributed by atoms with E-state index in [4.69, 9.17) is 18.9 Å². The SMILES string of the molecule is COc1ccc2nccc(C(O)CN3CCOC(CNC(CC4=CC=CCC4)C4=COC=CO4)C3)c2n1. The molecule has 2 N–H and O–H groups in total. The van der Waals surface area contributed by atoms with Crippen LogP contribution in [0, 0.1) is 0 Å². The minimum Gasteiger partial charge on any atom is -0.481 e. The van der Waals surface area contributed by atoms with E-state index < -0.39 is 6.10 Å². The molecule has 2 aromatic heterocycles. The first-order valence-corrected chi connectivity index (χ1v) is 12.8. The van der Waals surface area contributed by atoms with Gasteiger partial charge in [0.1, 0.15) is 18.8 Å². The molecule has 0 radical (unpaired) electrons. The van der Waals surface area contributed by atoms with E-state index in [1.54, 1.807) is 31.9 Å². The van der Waals surface area contributed by atoms with Gasteiger partial charge in [0.05, 0.1) is 43.0 Å². The number of pyridine rings is 2. The fraction of sp³-hybridized carbons (Fsp3) is 0.429. The monoisotopic (exact) mass is 506 g/mol. The number of hydrogen-bond donors (Lipinski definition) is 2. The Morgan fingerprint density at radius 1 is 1.27 bits per heavy atom. The fourth-order valence-electron chi connectivity index (χ4n) is 4.89. The van der Waals surface area contributed by atoms with Gasteiger partial charge in [-0.1, -0.05) is 23.8 Å². The number of nitrogens with zero attached hydrogens (tertiary/aromatic N) is 3. The zero-order valence-corrected chi connectivity index (χ0v) is 21.1. The molecule has 1 saturated heterocycles. The van der Waals surface area contributed by atoms with Crippen LogP contribution in [-0.2, 0) is 14.2 Å². The standard InChI is InChI=1S/C28H34N4O5/c1-34-27-8-7-23-28(31-27)22(9-10-29-23)25(33)18-32-11-12-36-21(17-32)16-30-24(26-19-35-13-14-37-26)15-20-5-3-2-4-6-20/h2-3,5,7-10,13-14,19,21,24-25,30,33H,4,6,11-12,15-18H2,1H3. The number of methoxy groups -OCH3 is 1. The summed E-state index contributed by atoms with van der Waals surface area (Å²) < 4.78 is 22.4. The summed E-state index contributed by atoms with van der Waals surface area (Å²) >= 11 is 0. The summed E-state index contributed by atoms with van der Waals surface area (Å²) in [7, 11) is 1.58. The first kappa shape index (κ1) is 25.4. The number of nitrogens with one attached hydrogen (secondary N) is 1. The Kier molecular flexibility index (Phi) is 8.47. The number of β-amino-alcohol motifs (C(OH)–C–C–N with tert-alkyl or cyclic N) is 1. The Hall–Kier alpha value is -3.24. The van der Waals surface area contributed by atoms with Crippen molar-refractivity contribution in [1.29, 1.82) is 0 Å². The van der Waals surface area contributed by atoms with Crippen molar-refractivity contribution in [3.05, 3.63) is 78.3 Å². The van der Waals surface area contributed by atoms with Crippen LogP contribution in [0.2, 0.25) is 0 Å². The number of hydrogen-bond acceptors (Lipinski definition) is 9. The van der Waals surface area contributed by atoms with Gasteiger partial charge in [0, 0.05) is 44.0 Å². The third-order valence-electron chi connectivity index (χ3n) is 6.84. The number of ether oxygens (including phenoxy) is 4. The average molecular weight is 507 g/mol. The largest absolute Gasteiger partial charge is 0.481 e. The lowest BCUT2D eigenvalue weighted by molar-refractivity contribution is -0.0403. The number of aromatic nitrogens is 2. The maximum atomic E-state index is 11.1. The Morgan fingerprint density at radius 2 is 2.22 bits per heavy atom. The summed E-state index contributed by atoms with van der Waals surface area (Å²) in [5, 5.41) is 14.8. The van der Waals surface area contributed by atoms with Gasteiger partial charge in [-0.3, -0.25) is 9.88 Å². The van der Waals surface area contributed by atoms with E-state index in [9.17, 15) is 5.11 Å². The highest BCUT2D eigenvalue weighted by atomic mass is 16.5. The molecule has 3 unspecified atom stereocenters. The van der Waals surface area contributed by atoms with E-state index in [0.29, 0.717) is 37.6 Å². The molecule has 0 aromatic carbocycles. The van der Waals surface area contributed by atoms with Crippen LogP contribution in [0.3, 0.4) is 0 Å². The quantitative estimate of drug-likeness (QED) is 0.503. The van der Waals surface area contributed by atoms with Crippen LogP contribution in [0.25, 0.3) is 11.0 Å². The van der Waals surface area contributed by atoms with Crippen molar-refractivity contribution < 1.29 is 24.1 Å². The average Bonchev–Trinajstić information content (AvgIpc) is 2.95. The summed E-state index contributed by atoms with van der Waals surface area (Å²) in [6.07, 6.45) is 15.2. The van der Waals surface area contributed by atoms with E-state index in [2.05, 4.69) is 38.4 Å². The zero-order valence-electron chi connectivity index (χ0n) is 21.1. The Labute approximate surface area is 217 Å². The summed E-state index contributed by atoms with van der Waals surface area (Å²) in [5.41, 5.74) is 3.51. The van der Waals surface area contributed by atoms with E-state index in [1.807, 2.05) is 12.1 Å². The lowest BCUT2D eigenvalue weighted by Gasteiger charge is -2.35. The first-order valence-electron chi connectivity index (χ1n) is 12.8. The molecule has 9 nitrogen and oxygen atoms in total.